The Bertz CT molecular complexity index is 152. The number of alkyl halides is 3. The van der Waals surface area contributed by atoms with Crippen LogP contribution >= 0.6 is 0 Å². The predicted octanol–water partition coefficient (Wildman–Crippen LogP) is 1.08. The summed E-state index contributed by atoms with van der Waals surface area (Å²) in [6.07, 6.45) is -7.85. The van der Waals surface area contributed by atoms with E-state index < -0.39 is 25.0 Å². The van der Waals surface area contributed by atoms with Gasteiger partial charge in [0, 0.05) is 0 Å². The van der Waals surface area contributed by atoms with Crippen molar-refractivity contribution in [2.45, 2.75) is 12.3 Å². The number of carbonyl (C=O) groups excluding carboxylic acids is 1. The van der Waals surface area contributed by atoms with Crippen molar-refractivity contribution in [3.05, 3.63) is 0 Å². The van der Waals surface area contributed by atoms with Crippen LogP contribution in [0.5, 0.6) is 0 Å². The van der Waals surface area contributed by atoms with E-state index in [1.807, 2.05) is 0 Å². The molecule has 0 spiro atoms. The second-order valence-corrected chi connectivity index (χ2v) is 1.71. The van der Waals surface area contributed by atoms with Crippen molar-refractivity contribution in [1.29, 1.82) is 0 Å². The molecule has 0 aromatic rings. The predicted molar refractivity (Wildman–Crippen MR) is 22.3 cm³/mol. The molecule has 1 heterocycles. The van der Waals surface area contributed by atoms with Crippen LogP contribution in [0.25, 0.3) is 0 Å². The summed E-state index contributed by atoms with van der Waals surface area (Å²) in [5.74, 6) is 0. The molecule has 10 heavy (non-hydrogen) atoms. The highest BCUT2D eigenvalue weighted by molar-refractivity contribution is 5.61. The molecule has 3 nitrogen and oxygen atoms in total. The number of hydrogen-bond acceptors (Lipinski definition) is 3. The maximum absolute atomic E-state index is 11.6. The molecule has 1 rings (SSSR count). The van der Waals surface area contributed by atoms with Gasteiger partial charge < -0.3 is 9.47 Å². The molecule has 0 radical (unpaired) electrons. The summed E-state index contributed by atoms with van der Waals surface area (Å²) in [7, 11) is 0. The summed E-state index contributed by atoms with van der Waals surface area (Å²) >= 11 is 0. The Labute approximate surface area is 53.7 Å². The third kappa shape index (κ3) is 1.31. The second kappa shape index (κ2) is 2.03. The SMILES string of the molecule is O=C1OC[C@@H](C(F)(F)F)O1. The van der Waals surface area contributed by atoms with E-state index in [-0.39, 0.29) is 0 Å². The largest absolute Gasteiger partial charge is 0.509 e. The van der Waals surface area contributed by atoms with Gasteiger partial charge in [0.1, 0.15) is 6.61 Å². The van der Waals surface area contributed by atoms with Gasteiger partial charge in [-0.15, -0.1) is 0 Å². The molecule has 0 aliphatic carbocycles. The van der Waals surface area contributed by atoms with Gasteiger partial charge in [0.25, 0.3) is 0 Å². The fraction of sp³-hybridized carbons (Fsp3) is 0.750. The lowest BCUT2D eigenvalue weighted by Gasteiger charge is -2.09. The molecule has 1 aliphatic rings. The Hall–Kier alpha value is -0.940. The number of halogens is 3. The lowest BCUT2D eigenvalue weighted by Crippen LogP contribution is -2.30. The van der Waals surface area contributed by atoms with Crippen molar-refractivity contribution in [2.24, 2.45) is 0 Å². The van der Waals surface area contributed by atoms with Crippen LogP contribution in [-0.2, 0) is 9.47 Å². The van der Waals surface area contributed by atoms with E-state index in [0.717, 1.165) is 0 Å². The molecule has 0 saturated carbocycles. The number of ether oxygens (including phenoxy) is 2. The molecule has 0 amide bonds. The molecule has 6 heteroatoms. The first-order chi connectivity index (χ1) is 4.50. The normalized spacial score (nSPS) is 25.9. The monoisotopic (exact) mass is 156 g/mol. The van der Waals surface area contributed by atoms with Crippen LogP contribution in [0.3, 0.4) is 0 Å². The van der Waals surface area contributed by atoms with E-state index in [1.165, 1.54) is 0 Å². The summed E-state index contributed by atoms with van der Waals surface area (Å²) in [5.41, 5.74) is 0. The van der Waals surface area contributed by atoms with Gasteiger partial charge in [-0.05, 0) is 0 Å². The Morgan fingerprint density at radius 1 is 1.50 bits per heavy atom. The van der Waals surface area contributed by atoms with Gasteiger partial charge in [-0.1, -0.05) is 0 Å². The fourth-order valence-corrected chi connectivity index (χ4v) is 0.489. The van der Waals surface area contributed by atoms with Gasteiger partial charge in [0.05, 0.1) is 0 Å². The number of rotatable bonds is 0. The van der Waals surface area contributed by atoms with E-state index >= 15 is 0 Å². The van der Waals surface area contributed by atoms with Gasteiger partial charge in [0.2, 0.25) is 6.10 Å². The first-order valence-electron chi connectivity index (χ1n) is 2.40. The maximum Gasteiger partial charge on any atom is 0.509 e. The van der Waals surface area contributed by atoms with Crippen molar-refractivity contribution in [1.82, 2.24) is 0 Å². The molecule has 0 aromatic carbocycles. The van der Waals surface area contributed by atoms with Gasteiger partial charge in [0.15, 0.2) is 0 Å². The average Bonchev–Trinajstić information content (AvgIpc) is 2.11. The summed E-state index contributed by atoms with van der Waals surface area (Å²) in [6, 6.07) is 0. The lowest BCUT2D eigenvalue weighted by molar-refractivity contribution is -0.193. The highest BCUT2D eigenvalue weighted by Gasteiger charge is 2.47. The van der Waals surface area contributed by atoms with Crippen LogP contribution in [0.15, 0.2) is 0 Å². The van der Waals surface area contributed by atoms with Crippen LogP contribution in [0.4, 0.5) is 18.0 Å². The Morgan fingerprint density at radius 3 is 2.30 bits per heavy atom. The molecule has 0 bridgehead atoms. The smallest absolute Gasteiger partial charge is 0.430 e. The Morgan fingerprint density at radius 2 is 2.10 bits per heavy atom. The topological polar surface area (TPSA) is 35.5 Å². The number of carbonyl (C=O) groups is 1. The molecule has 1 fully saturated rings. The van der Waals surface area contributed by atoms with E-state index in [1.54, 1.807) is 0 Å². The van der Waals surface area contributed by atoms with Crippen molar-refractivity contribution < 1.29 is 27.4 Å². The fourth-order valence-electron chi connectivity index (χ4n) is 0.489. The summed E-state index contributed by atoms with van der Waals surface area (Å²) in [4.78, 5) is 9.96. The first-order valence-corrected chi connectivity index (χ1v) is 2.40. The minimum atomic E-state index is -4.51. The minimum Gasteiger partial charge on any atom is -0.430 e. The van der Waals surface area contributed by atoms with Gasteiger partial charge in [-0.3, -0.25) is 0 Å². The summed E-state index contributed by atoms with van der Waals surface area (Å²) in [5, 5.41) is 0. The number of cyclic esters (lactones) is 2. The van der Waals surface area contributed by atoms with E-state index in [9.17, 15) is 18.0 Å². The van der Waals surface area contributed by atoms with Crippen molar-refractivity contribution in [3.8, 4) is 0 Å². The highest BCUT2D eigenvalue weighted by Crippen LogP contribution is 2.26. The van der Waals surface area contributed by atoms with Crippen molar-refractivity contribution in [2.75, 3.05) is 6.61 Å². The van der Waals surface area contributed by atoms with E-state index in [2.05, 4.69) is 9.47 Å². The van der Waals surface area contributed by atoms with Crippen molar-refractivity contribution >= 4 is 6.16 Å². The summed E-state index contributed by atoms with van der Waals surface area (Å²) < 4.78 is 42.4. The molecule has 1 atom stereocenters. The van der Waals surface area contributed by atoms with Gasteiger partial charge in [-0.25, -0.2) is 4.79 Å². The molecule has 0 aromatic heterocycles. The molecule has 0 N–H and O–H groups in total. The van der Waals surface area contributed by atoms with E-state index in [0.29, 0.717) is 0 Å². The van der Waals surface area contributed by atoms with Crippen LogP contribution in [-0.4, -0.2) is 25.0 Å². The zero-order chi connectivity index (χ0) is 7.78. The second-order valence-electron chi connectivity index (χ2n) is 1.71. The first kappa shape index (κ1) is 7.17. The van der Waals surface area contributed by atoms with Gasteiger partial charge in [-0.2, -0.15) is 13.2 Å². The summed E-state index contributed by atoms with van der Waals surface area (Å²) in [6.45, 7) is -0.734. The maximum atomic E-state index is 11.6. The van der Waals surface area contributed by atoms with Crippen LogP contribution < -0.4 is 0 Å². The highest BCUT2D eigenvalue weighted by atomic mass is 19.4. The third-order valence-corrected chi connectivity index (χ3v) is 0.956. The molecule has 1 saturated heterocycles. The zero-order valence-electron chi connectivity index (χ0n) is 4.64. The molecule has 58 valence electrons. The standard InChI is InChI=1S/C4H3F3O3/c5-4(6,7)2-1-9-3(8)10-2/h2H,1H2/t2-/m0/s1. The molecular weight excluding hydrogens is 153 g/mol. The molecular formula is C4H3F3O3. The third-order valence-electron chi connectivity index (χ3n) is 0.956. The molecule has 0 unspecified atom stereocenters. The lowest BCUT2D eigenvalue weighted by atomic mass is 10.4. The zero-order valence-corrected chi connectivity index (χ0v) is 4.64. The van der Waals surface area contributed by atoms with Crippen LogP contribution in [0, 0.1) is 0 Å². The van der Waals surface area contributed by atoms with Gasteiger partial charge >= 0.3 is 12.3 Å². The number of hydrogen-bond donors (Lipinski definition) is 0. The van der Waals surface area contributed by atoms with Crippen LogP contribution in [0.2, 0.25) is 0 Å². The minimum absolute atomic E-state index is 0.734. The molecule has 1 aliphatic heterocycles. The quantitative estimate of drug-likeness (QED) is 0.492. The van der Waals surface area contributed by atoms with Crippen LogP contribution in [0.1, 0.15) is 0 Å². The Balaban J connectivity index is 2.53. The Kier molecular flexibility index (Phi) is 1.46. The average molecular weight is 156 g/mol. The van der Waals surface area contributed by atoms with E-state index in [4.69, 9.17) is 0 Å². The van der Waals surface area contributed by atoms with Crippen molar-refractivity contribution in [3.63, 3.8) is 0 Å².